The molecule has 236 valence electrons. The molecule has 0 aromatic heterocycles. The number of hydrogen-bond donors (Lipinski definition) is 0. The van der Waals surface area contributed by atoms with Crippen LogP contribution in [0, 0.1) is 0 Å². The lowest BCUT2D eigenvalue weighted by Gasteiger charge is -2.28. The van der Waals surface area contributed by atoms with Gasteiger partial charge in [-0.1, -0.05) is 135 Å². The van der Waals surface area contributed by atoms with Crippen molar-refractivity contribution in [2.75, 3.05) is 9.80 Å². The first-order chi connectivity index (χ1) is 24.1. The van der Waals surface area contributed by atoms with Crippen LogP contribution in [0.1, 0.15) is 36.1 Å². The minimum absolute atomic E-state index is 0.135. The van der Waals surface area contributed by atoms with Gasteiger partial charge < -0.3 is 9.80 Å². The van der Waals surface area contributed by atoms with Gasteiger partial charge in [0.05, 0.1) is 0 Å². The van der Waals surface area contributed by atoms with Crippen molar-refractivity contribution < 1.29 is 0 Å². The van der Waals surface area contributed by atoms with Gasteiger partial charge in [-0.2, -0.15) is 0 Å². The predicted molar refractivity (Wildman–Crippen MR) is 209 cm³/mol. The number of rotatable bonds is 8. The molecule has 0 bridgehead atoms. The van der Waals surface area contributed by atoms with Crippen molar-refractivity contribution in [1.29, 1.82) is 0 Å². The Kier molecular flexibility index (Phi) is 7.91. The van der Waals surface area contributed by atoms with Gasteiger partial charge in [-0.25, -0.2) is 0 Å². The second-order valence-electron chi connectivity index (χ2n) is 13.1. The highest BCUT2D eigenvalue weighted by molar-refractivity contribution is 5.87. The molecule has 0 saturated carbocycles. The Balaban J connectivity index is 1.07. The van der Waals surface area contributed by atoms with Gasteiger partial charge in [0, 0.05) is 39.5 Å². The summed E-state index contributed by atoms with van der Waals surface area (Å²) in [4.78, 5) is 4.63. The normalized spacial score (nSPS) is 12.8. The first-order valence-corrected chi connectivity index (χ1v) is 16.9. The van der Waals surface area contributed by atoms with Gasteiger partial charge >= 0.3 is 0 Å². The summed E-state index contributed by atoms with van der Waals surface area (Å²) in [7, 11) is 0. The van der Waals surface area contributed by atoms with Gasteiger partial charge in [0.15, 0.2) is 0 Å². The fourth-order valence-corrected chi connectivity index (χ4v) is 7.12. The fourth-order valence-electron chi connectivity index (χ4n) is 7.12. The van der Waals surface area contributed by atoms with E-state index in [2.05, 4.69) is 218 Å². The molecule has 0 atom stereocenters. The van der Waals surface area contributed by atoms with Crippen molar-refractivity contribution in [1.82, 2.24) is 0 Å². The number of benzene rings is 7. The van der Waals surface area contributed by atoms with Crippen LogP contribution in [-0.2, 0) is 5.41 Å². The molecule has 0 radical (unpaired) electrons. The van der Waals surface area contributed by atoms with E-state index in [-0.39, 0.29) is 5.41 Å². The van der Waals surface area contributed by atoms with Gasteiger partial charge in [-0.15, -0.1) is 0 Å². The molecule has 7 aromatic carbocycles. The van der Waals surface area contributed by atoms with Gasteiger partial charge in [0.1, 0.15) is 0 Å². The predicted octanol–water partition coefficient (Wildman–Crippen LogP) is 13.1. The molecule has 0 heterocycles. The number of fused-ring (bicyclic) bond motifs is 3. The first-order valence-electron chi connectivity index (χ1n) is 16.9. The minimum Gasteiger partial charge on any atom is -0.311 e. The van der Waals surface area contributed by atoms with Crippen LogP contribution in [0.3, 0.4) is 0 Å². The zero-order chi connectivity index (χ0) is 33.2. The summed E-state index contributed by atoms with van der Waals surface area (Å²) in [5, 5.41) is 0. The highest BCUT2D eigenvalue weighted by atomic mass is 15.1. The third-order valence-corrected chi connectivity index (χ3v) is 9.62. The largest absolute Gasteiger partial charge is 0.311 e. The lowest BCUT2D eigenvalue weighted by molar-refractivity contribution is 0.660. The monoisotopic (exact) mass is 630 g/mol. The van der Waals surface area contributed by atoms with Crippen LogP contribution in [0.15, 0.2) is 182 Å². The molecule has 2 heteroatoms. The Morgan fingerprint density at radius 1 is 0.347 bits per heavy atom. The van der Waals surface area contributed by atoms with Crippen LogP contribution in [-0.4, -0.2) is 0 Å². The molecule has 0 aliphatic heterocycles. The quantitative estimate of drug-likeness (QED) is 0.154. The molecular weight excluding hydrogens is 593 g/mol. The summed E-state index contributed by atoms with van der Waals surface area (Å²) < 4.78 is 0. The molecule has 2 nitrogen and oxygen atoms in total. The van der Waals surface area contributed by atoms with Crippen molar-refractivity contribution in [2.24, 2.45) is 0 Å². The lowest BCUT2D eigenvalue weighted by atomic mass is 9.81. The molecule has 8 rings (SSSR count). The maximum Gasteiger partial charge on any atom is 0.0465 e. The maximum atomic E-state index is 2.39. The zero-order valence-electron chi connectivity index (χ0n) is 27.9. The van der Waals surface area contributed by atoms with Gasteiger partial charge in [-0.3, -0.25) is 0 Å². The maximum absolute atomic E-state index is 2.39. The second kappa shape index (κ2) is 12.8. The van der Waals surface area contributed by atoms with Crippen molar-refractivity contribution in [3.05, 3.63) is 204 Å². The molecule has 7 aromatic rings. The molecule has 1 aliphatic carbocycles. The highest BCUT2D eigenvalue weighted by Crippen LogP contribution is 2.51. The molecular formula is C47H38N2. The van der Waals surface area contributed by atoms with Gasteiger partial charge in [0.25, 0.3) is 0 Å². The summed E-state index contributed by atoms with van der Waals surface area (Å²) in [5.74, 6) is 0. The van der Waals surface area contributed by atoms with E-state index in [0.29, 0.717) is 0 Å². The third-order valence-electron chi connectivity index (χ3n) is 9.62. The lowest BCUT2D eigenvalue weighted by Crippen LogP contribution is -2.16. The standard InChI is InChI=1S/C47H38N2/c1-47(2)45-33-36(24-23-35-25-28-41(29-26-35)48(37-15-7-3-8-16-37)38-17-9-4-10-18-38)27-31-43(45)44-32-30-42(34-46(44)47)49(39-19-11-5-12-20-39)40-21-13-6-14-22-40/h3-34H,1-2H3/b24-23+. The number of para-hydroxylation sites is 4. The van der Waals surface area contributed by atoms with Crippen LogP contribution in [0.4, 0.5) is 34.1 Å². The molecule has 0 saturated heterocycles. The average Bonchev–Trinajstić information content (AvgIpc) is 3.38. The van der Waals surface area contributed by atoms with Crippen LogP contribution in [0.5, 0.6) is 0 Å². The van der Waals surface area contributed by atoms with E-state index in [1.807, 2.05) is 0 Å². The second-order valence-corrected chi connectivity index (χ2v) is 13.1. The molecule has 0 spiro atoms. The zero-order valence-corrected chi connectivity index (χ0v) is 27.9. The van der Waals surface area contributed by atoms with Crippen molar-refractivity contribution in [3.8, 4) is 11.1 Å². The molecule has 1 aliphatic rings. The summed E-state index contributed by atoms with van der Waals surface area (Å²) in [6.45, 7) is 4.71. The number of hydrogen-bond acceptors (Lipinski definition) is 2. The van der Waals surface area contributed by atoms with Crippen molar-refractivity contribution in [2.45, 2.75) is 19.3 Å². The van der Waals surface area contributed by atoms with E-state index < -0.39 is 0 Å². The summed E-state index contributed by atoms with van der Waals surface area (Å²) in [6.07, 6.45) is 4.45. The Bertz CT molecular complexity index is 2140. The average molecular weight is 631 g/mol. The third kappa shape index (κ3) is 5.83. The topological polar surface area (TPSA) is 6.48 Å². The Labute approximate surface area is 289 Å². The van der Waals surface area contributed by atoms with Gasteiger partial charge in [-0.05, 0) is 106 Å². The molecule has 0 unspecified atom stereocenters. The van der Waals surface area contributed by atoms with Crippen LogP contribution in [0.2, 0.25) is 0 Å². The van der Waals surface area contributed by atoms with Gasteiger partial charge in [0.2, 0.25) is 0 Å². The SMILES string of the molecule is CC1(C)c2cc(/C=C/c3ccc(N(c4ccccc4)c4ccccc4)cc3)ccc2-c2ccc(N(c3ccccc3)c3ccccc3)cc21. The summed E-state index contributed by atoms with van der Waals surface area (Å²) in [5.41, 5.74) is 14.5. The van der Waals surface area contributed by atoms with Crippen molar-refractivity contribution in [3.63, 3.8) is 0 Å². The van der Waals surface area contributed by atoms with E-state index in [9.17, 15) is 0 Å². The van der Waals surface area contributed by atoms with Crippen LogP contribution < -0.4 is 9.80 Å². The van der Waals surface area contributed by atoms with E-state index >= 15 is 0 Å². The van der Waals surface area contributed by atoms with Crippen LogP contribution >= 0.6 is 0 Å². The Morgan fingerprint density at radius 2 is 0.694 bits per heavy atom. The summed E-state index contributed by atoms with van der Waals surface area (Å²) in [6, 6.07) is 65.0. The van der Waals surface area contributed by atoms with Crippen LogP contribution in [0.25, 0.3) is 23.3 Å². The fraction of sp³-hybridized carbons (Fsp3) is 0.0638. The van der Waals surface area contributed by atoms with E-state index in [1.54, 1.807) is 0 Å². The Morgan fingerprint density at radius 3 is 1.18 bits per heavy atom. The van der Waals surface area contributed by atoms with Crippen molar-refractivity contribution >= 4 is 46.3 Å². The van der Waals surface area contributed by atoms with E-state index in [0.717, 1.165) is 28.4 Å². The number of nitrogens with zero attached hydrogens (tertiary/aromatic N) is 2. The summed E-state index contributed by atoms with van der Waals surface area (Å²) >= 11 is 0. The van der Waals surface area contributed by atoms with E-state index in [1.165, 1.54) is 39.1 Å². The number of anilines is 6. The molecule has 0 amide bonds. The molecule has 49 heavy (non-hydrogen) atoms. The smallest absolute Gasteiger partial charge is 0.0465 e. The Hall–Kier alpha value is -6.12. The van der Waals surface area contributed by atoms with E-state index in [4.69, 9.17) is 0 Å². The highest BCUT2D eigenvalue weighted by Gasteiger charge is 2.36. The molecule has 0 N–H and O–H groups in total. The first kappa shape index (κ1) is 30.2. The molecule has 0 fully saturated rings. The minimum atomic E-state index is -0.135.